The molecule has 2 nitrogen and oxygen atoms in total. The summed E-state index contributed by atoms with van der Waals surface area (Å²) in [6.07, 6.45) is 4.41. The molecule has 1 aliphatic rings. The van der Waals surface area contributed by atoms with Gasteiger partial charge in [0.15, 0.2) is 0 Å². The fourth-order valence-corrected chi connectivity index (χ4v) is 4.02. The topological polar surface area (TPSA) is 34.1 Å². The Kier molecular flexibility index (Phi) is 5.80. The Labute approximate surface area is 150 Å². The third kappa shape index (κ3) is 4.45. The lowest BCUT2D eigenvalue weighted by Gasteiger charge is -2.29. The van der Waals surface area contributed by atoms with Crippen molar-refractivity contribution in [3.63, 3.8) is 0 Å². The van der Waals surface area contributed by atoms with Crippen LogP contribution in [0.3, 0.4) is 0 Å². The predicted octanol–water partition coefficient (Wildman–Crippen LogP) is 4.98. The van der Waals surface area contributed by atoms with Crippen LogP contribution < -0.4 is 0 Å². The first-order valence-electron chi connectivity index (χ1n) is 9.28. The Balaban J connectivity index is 1.63. The number of benzene rings is 2. The maximum atomic E-state index is 13.0. The maximum absolute atomic E-state index is 13.0. The van der Waals surface area contributed by atoms with E-state index in [9.17, 15) is 9.59 Å². The highest BCUT2D eigenvalue weighted by Crippen LogP contribution is 2.37. The lowest BCUT2D eigenvalue weighted by atomic mass is 9.73. The van der Waals surface area contributed by atoms with E-state index in [1.807, 2.05) is 36.4 Å². The summed E-state index contributed by atoms with van der Waals surface area (Å²) in [6, 6.07) is 20.4. The molecule has 0 N–H and O–H groups in total. The van der Waals surface area contributed by atoms with Gasteiger partial charge in [-0.2, -0.15) is 0 Å². The second-order valence-corrected chi connectivity index (χ2v) is 7.21. The molecular formula is C23H26O2. The molecule has 0 aromatic heterocycles. The molecule has 130 valence electrons. The van der Waals surface area contributed by atoms with Crippen LogP contribution in [0.5, 0.6) is 0 Å². The predicted molar refractivity (Wildman–Crippen MR) is 100 cm³/mol. The summed E-state index contributed by atoms with van der Waals surface area (Å²) in [5, 5.41) is 0. The molecule has 1 fully saturated rings. The summed E-state index contributed by atoms with van der Waals surface area (Å²) < 4.78 is 0. The molecule has 0 amide bonds. The monoisotopic (exact) mass is 334 g/mol. The molecule has 2 heteroatoms. The molecule has 0 saturated heterocycles. The van der Waals surface area contributed by atoms with Gasteiger partial charge in [-0.3, -0.25) is 9.59 Å². The Morgan fingerprint density at radius 1 is 0.880 bits per heavy atom. The smallest absolute Gasteiger partial charge is 0.146 e. The van der Waals surface area contributed by atoms with Crippen molar-refractivity contribution in [1.82, 2.24) is 0 Å². The van der Waals surface area contributed by atoms with E-state index >= 15 is 0 Å². The molecule has 1 aliphatic carbocycles. The van der Waals surface area contributed by atoms with Crippen molar-refractivity contribution in [3.8, 4) is 0 Å². The first-order chi connectivity index (χ1) is 12.1. The molecule has 2 aromatic rings. The summed E-state index contributed by atoms with van der Waals surface area (Å²) in [6.45, 7) is 1.56. The third-order valence-corrected chi connectivity index (χ3v) is 5.52. The van der Waals surface area contributed by atoms with E-state index in [4.69, 9.17) is 0 Å². The van der Waals surface area contributed by atoms with Crippen LogP contribution in [0.1, 0.15) is 49.7 Å². The summed E-state index contributed by atoms with van der Waals surface area (Å²) in [7, 11) is 0. The minimum atomic E-state index is -0.485. The zero-order valence-electron chi connectivity index (χ0n) is 14.9. The van der Waals surface area contributed by atoms with Gasteiger partial charge in [-0.25, -0.2) is 0 Å². The number of rotatable bonds is 6. The maximum Gasteiger partial charge on any atom is 0.146 e. The van der Waals surface area contributed by atoms with Gasteiger partial charge in [0.25, 0.3) is 0 Å². The third-order valence-electron chi connectivity index (χ3n) is 5.52. The Hall–Kier alpha value is -2.22. The van der Waals surface area contributed by atoms with E-state index in [0.717, 1.165) is 31.2 Å². The second kappa shape index (κ2) is 8.24. The minimum Gasteiger partial charge on any atom is -0.299 e. The first kappa shape index (κ1) is 17.6. The van der Waals surface area contributed by atoms with E-state index in [2.05, 4.69) is 24.3 Å². The van der Waals surface area contributed by atoms with E-state index in [1.54, 1.807) is 6.92 Å². The standard InChI is InChI=1S/C23H26O2/c1-17(24)22(16-18-8-4-2-5-9-18)23(25)21-14-12-20(13-15-21)19-10-6-3-7-11-19/h2-11,20-22H,12-16H2,1H3/t20-,21-,22?. The van der Waals surface area contributed by atoms with Crippen LogP contribution in [-0.2, 0) is 16.0 Å². The highest BCUT2D eigenvalue weighted by Gasteiger charge is 2.33. The molecule has 0 spiro atoms. The molecule has 25 heavy (non-hydrogen) atoms. The van der Waals surface area contributed by atoms with Gasteiger partial charge < -0.3 is 0 Å². The van der Waals surface area contributed by atoms with Crippen LogP contribution in [0.4, 0.5) is 0 Å². The zero-order valence-corrected chi connectivity index (χ0v) is 14.9. The molecule has 2 aromatic carbocycles. The van der Waals surface area contributed by atoms with E-state index in [0.29, 0.717) is 12.3 Å². The molecule has 0 heterocycles. The van der Waals surface area contributed by atoms with Gasteiger partial charge in [0.2, 0.25) is 0 Å². The molecule has 1 unspecified atom stereocenters. The number of hydrogen-bond donors (Lipinski definition) is 0. The van der Waals surface area contributed by atoms with E-state index < -0.39 is 5.92 Å². The van der Waals surface area contributed by atoms with Gasteiger partial charge in [-0.1, -0.05) is 60.7 Å². The van der Waals surface area contributed by atoms with Crippen LogP contribution in [-0.4, -0.2) is 11.6 Å². The molecular weight excluding hydrogens is 308 g/mol. The molecule has 1 saturated carbocycles. The van der Waals surface area contributed by atoms with Crippen molar-refractivity contribution >= 4 is 11.6 Å². The van der Waals surface area contributed by atoms with Crippen molar-refractivity contribution in [1.29, 1.82) is 0 Å². The fraction of sp³-hybridized carbons (Fsp3) is 0.391. The lowest BCUT2D eigenvalue weighted by molar-refractivity contribution is -0.134. The molecule has 3 rings (SSSR count). The Morgan fingerprint density at radius 2 is 1.44 bits per heavy atom. The normalized spacial score (nSPS) is 21.5. The van der Waals surface area contributed by atoms with Gasteiger partial charge in [0.05, 0.1) is 5.92 Å². The number of ketones is 2. The van der Waals surface area contributed by atoms with Crippen LogP contribution in [0.25, 0.3) is 0 Å². The van der Waals surface area contributed by atoms with Crippen LogP contribution in [0, 0.1) is 11.8 Å². The average molecular weight is 334 g/mol. The second-order valence-electron chi connectivity index (χ2n) is 7.21. The Bertz CT molecular complexity index is 697. The summed E-state index contributed by atoms with van der Waals surface area (Å²) in [4.78, 5) is 25.1. The van der Waals surface area contributed by atoms with Crippen molar-refractivity contribution < 1.29 is 9.59 Å². The number of carbonyl (C=O) groups is 2. The SMILES string of the molecule is CC(=O)C(Cc1ccccc1)C(=O)[C@H]1CC[C@H](c2ccccc2)CC1. The lowest BCUT2D eigenvalue weighted by Crippen LogP contribution is -2.32. The van der Waals surface area contributed by atoms with Gasteiger partial charge in [-0.05, 0) is 56.1 Å². The fourth-order valence-electron chi connectivity index (χ4n) is 4.02. The number of Topliss-reactive ketones (excluding diaryl/α,β-unsaturated/α-hetero) is 2. The van der Waals surface area contributed by atoms with Crippen molar-refractivity contribution in [2.75, 3.05) is 0 Å². The van der Waals surface area contributed by atoms with E-state index in [-0.39, 0.29) is 17.5 Å². The number of carbonyl (C=O) groups excluding carboxylic acids is 2. The van der Waals surface area contributed by atoms with Crippen molar-refractivity contribution in [2.45, 2.75) is 44.9 Å². The molecule has 1 atom stereocenters. The van der Waals surface area contributed by atoms with E-state index in [1.165, 1.54) is 5.56 Å². The summed E-state index contributed by atoms with van der Waals surface area (Å²) in [5.41, 5.74) is 2.44. The average Bonchev–Trinajstić information content (AvgIpc) is 2.67. The van der Waals surface area contributed by atoms with Crippen LogP contribution >= 0.6 is 0 Å². The van der Waals surface area contributed by atoms with Crippen molar-refractivity contribution in [3.05, 3.63) is 71.8 Å². The van der Waals surface area contributed by atoms with Gasteiger partial charge in [-0.15, -0.1) is 0 Å². The first-order valence-corrected chi connectivity index (χ1v) is 9.28. The highest BCUT2D eigenvalue weighted by molar-refractivity contribution is 6.02. The minimum absolute atomic E-state index is 0.000893. The molecule has 0 aliphatic heterocycles. The quantitative estimate of drug-likeness (QED) is 0.698. The van der Waals surface area contributed by atoms with Crippen LogP contribution in [0.2, 0.25) is 0 Å². The summed E-state index contributed by atoms with van der Waals surface area (Å²) in [5.74, 6) is 0.260. The van der Waals surface area contributed by atoms with Crippen LogP contribution in [0.15, 0.2) is 60.7 Å². The van der Waals surface area contributed by atoms with Gasteiger partial charge in [0, 0.05) is 5.92 Å². The Morgan fingerprint density at radius 3 is 2.00 bits per heavy atom. The number of hydrogen-bond acceptors (Lipinski definition) is 2. The largest absolute Gasteiger partial charge is 0.299 e. The molecule has 0 radical (unpaired) electrons. The van der Waals surface area contributed by atoms with Gasteiger partial charge in [0.1, 0.15) is 11.6 Å². The highest BCUT2D eigenvalue weighted by atomic mass is 16.1. The van der Waals surface area contributed by atoms with Gasteiger partial charge >= 0.3 is 0 Å². The summed E-state index contributed by atoms with van der Waals surface area (Å²) >= 11 is 0. The molecule has 0 bridgehead atoms. The zero-order chi connectivity index (χ0) is 17.6. The van der Waals surface area contributed by atoms with Crippen molar-refractivity contribution in [2.24, 2.45) is 11.8 Å².